The quantitative estimate of drug-likeness (QED) is 0.391. The molecule has 2 heterocycles. The van der Waals surface area contributed by atoms with Crippen LogP contribution in [0.5, 0.6) is 0 Å². The third-order valence-corrected chi connectivity index (χ3v) is 8.07. The van der Waals surface area contributed by atoms with Gasteiger partial charge >= 0.3 is 6.09 Å². The van der Waals surface area contributed by atoms with E-state index in [1.54, 1.807) is 24.1 Å². The number of hydrogen-bond donors (Lipinski definition) is 3. The van der Waals surface area contributed by atoms with Crippen LogP contribution in [0.2, 0.25) is 0 Å². The number of benzene rings is 2. The summed E-state index contributed by atoms with van der Waals surface area (Å²) >= 11 is 3.23. The molecule has 1 fully saturated rings. The molecule has 3 N–H and O–H groups in total. The van der Waals surface area contributed by atoms with Crippen molar-refractivity contribution in [2.75, 3.05) is 20.1 Å². The topological polar surface area (TPSA) is 131 Å². The van der Waals surface area contributed by atoms with Crippen LogP contribution in [0.15, 0.2) is 58.1 Å². The summed E-state index contributed by atoms with van der Waals surface area (Å²) in [5, 5.41) is 19.8. The number of aryl methyl sites for hydroxylation is 1. The lowest BCUT2D eigenvalue weighted by molar-refractivity contribution is -0.142. The smallest absolute Gasteiger partial charge is 0.405 e. The molecule has 0 aromatic heterocycles. The van der Waals surface area contributed by atoms with Crippen molar-refractivity contribution in [2.45, 2.75) is 51.1 Å². The molecule has 2 atom stereocenters. The molecular formula is C29H33BrFN5O5. The van der Waals surface area contributed by atoms with Crippen molar-refractivity contribution in [2.24, 2.45) is 10.5 Å². The number of piperidine rings is 1. The molecule has 2 aliphatic rings. The van der Waals surface area contributed by atoms with Crippen molar-refractivity contribution >= 4 is 45.5 Å². The molecule has 41 heavy (non-hydrogen) atoms. The first-order valence-corrected chi connectivity index (χ1v) is 14.1. The fourth-order valence-corrected chi connectivity index (χ4v) is 5.71. The summed E-state index contributed by atoms with van der Waals surface area (Å²) in [5.74, 6) is -1.80. The summed E-state index contributed by atoms with van der Waals surface area (Å²) in [5.41, 5.74) is -0.574. The van der Waals surface area contributed by atoms with Crippen LogP contribution in [0.1, 0.15) is 37.8 Å². The maximum Gasteiger partial charge on any atom is 0.405 e. The molecule has 0 spiro atoms. The van der Waals surface area contributed by atoms with E-state index < -0.39 is 40.7 Å². The molecule has 10 nitrogen and oxygen atoms in total. The number of nitrogens with zero attached hydrogens (tertiary/aromatic N) is 3. The van der Waals surface area contributed by atoms with E-state index in [0.717, 1.165) is 5.56 Å². The number of rotatable bonds is 9. The molecule has 0 bridgehead atoms. The minimum atomic E-state index is -1.53. The van der Waals surface area contributed by atoms with Crippen molar-refractivity contribution in [1.82, 2.24) is 20.5 Å². The van der Waals surface area contributed by atoms with Crippen molar-refractivity contribution in [3.63, 3.8) is 0 Å². The van der Waals surface area contributed by atoms with Gasteiger partial charge in [-0.2, -0.15) is 5.10 Å². The predicted molar refractivity (Wildman–Crippen MR) is 154 cm³/mol. The molecule has 0 saturated carbocycles. The number of hydrazone groups is 1. The molecule has 4 amide bonds. The number of carboxylic acid groups (broad SMARTS) is 1. The van der Waals surface area contributed by atoms with Crippen LogP contribution in [0, 0.1) is 11.2 Å². The SMILES string of the molecule is CN1N=C2CCN(C(=O)C(CCc3ccc(Br)cc3F)NC(=O)C(C)(C)NC(=O)O)CC2(Cc2ccccc2)C1=O. The van der Waals surface area contributed by atoms with Crippen molar-refractivity contribution in [3.8, 4) is 0 Å². The summed E-state index contributed by atoms with van der Waals surface area (Å²) in [7, 11) is 1.60. The fourth-order valence-electron chi connectivity index (χ4n) is 5.38. The highest BCUT2D eigenvalue weighted by Crippen LogP contribution is 2.38. The summed E-state index contributed by atoms with van der Waals surface area (Å²) in [6, 6.07) is 13.0. The molecule has 2 aromatic carbocycles. The number of halogens is 2. The van der Waals surface area contributed by atoms with Crippen molar-refractivity contribution in [3.05, 3.63) is 69.9 Å². The first kappa shape index (κ1) is 30.2. The van der Waals surface area contributed by atoms with Gasteiger partial charge in [0.2, 0.25) is 11.8 Å². The van der Waals surface area contributed by atoms with Gasteiger partial charge in [0.05, 0.1) is 5.71 Å². The van der Waals surface area contributed by atoms with Crippen LogP contribution >= 0.6 is 15.9 Å². The van der Waals surface area contributed by atoms with Gasteiger partial charge in [-0.1, -0.05) is 52.3 Å². The Hall–Kier alpha value is -3.80. The third kappa shape index (κ3) is 6.58. The number of hydrogen-bond acceptors (Lipinski definition) is 5. The number of carbonyl (C=O) groups excluding carboxylic acids is 3. The Kier molecular flexibility index (Phi) is 8.81. The van der Waals surface area contributed by atoms with Crippen LogP contribution in [0.4, 0.5) is 9.18 Å². The molecule has 2 unspecified atom stereocenters. The van der Waals surface area contributed by atoms with E-state index in [4.69, 9.17) is 0 Å². The van der Waals surface area contributed by atoms with Gasteiger partial charge in [0.25, 0.3) is 5.91 Å². The number of nitrogens with one attached hydrogen (secondary N) is 2. The second kappa shape index (κ2) is 12.0. The normalized spacial score (nSPS) is 19.3. The zero-order valence-electron chi connectivity index (χ0n) is 23.1. The lowest BCUT2D eigenvalue weighted by atomic mass is 9.73. The van der Waals surface area contributed by atoms with Crippen LogP contribution in [-0.2, 0) is 27.2 Å². The minimum absolute atomic E-state index is 0.0588. The lowest BCUT2D eigenvalue weighted by Gasteiger charge is -2.41. The Balaban J connectivity index is 1.61. The Bertz CT molecular complexity index is 1380. The van der Waals surface area contributed by atoms with Crippen molar-refractivity contribution in [1.29, 1.82) is 0 Å². The van der Waals surface area contributed by atoms with E-state index in [0.29, 0.717) is 28.6 Å². The molecule has 0 radical (unpaired) electrons. The second-order valence-electron chi connectivity index (χ2n) is 11.0. The molecule has 4 rings (SSSR count). The minimum Gasteiger partial charge on any atom is -0.465 e. The standard InChI is InChI=1S/C29H33BrFN5O5/c1-28(2,33-27(40)41)25(38)32-22(12-10-19-9-11-20(30)15-21(19)31)24(37)36-14-13-23-29(17-36,26(39)35(3)34-23)16-18-7-5-4-6-8-18/h4-9,11,15,22,33H,10,12-14,16-17H2,1-3H3,(H,32,38)(H,40,41). The average molecular weight is 631 g/mol. The van der Waals surface area contributed by atoms with Crippen LogP contribution in [0.25, 0.3) is 0 Å². The largest absolute Gasteiger partial charge is 0.465 e. The Morgan fingerprint density at radius 3 is 2.56 bits per heavy atom. The highest BCUT2D eigenvalue weighted by Gasteiger charge is 2.54. The van der Waals surface area contributed by atoms with E-state index in [1.165, 1.54) is 24.9 Å². The van der Waals surface area contributed by atoms with Gasteiger partial charge in [-0.25, -0.2) is 14.2 Å². The van der Waals surface area contributed by atoms with Gasteiger partial charge in [0.15, 0.2) is 0 Å². The van der Waals surface area contributed by atoms with E-state index >= 15 is 0 Å². The molecule has 2 aliphatic heterocycles. The average Bonchev–Trinajstić information content (AvgIpc) is 3.15. The molecule has 218 valence electrons. The van der Waals surface area contributed by atoms with Gasteiger partial charge in [0.1, 0.15) is 22.8 Å². The second-order valence-corrected chi connectivity index (χ2v) is 11.9. The summed E-state index contributed by atoms with van der Waals surface area (Å²) in [6.07, 6.45) is -0.457. The number of carbonyl (C=O) groups is 4. The monoisotopic (exact) mass is 629 g/mol. The third-order valence-electron chi connectivity index (χ3n) is 7.57. The number of amides is 4. The van der Waals surface area contributed by atoms with E-state index in [1.807, 2.05) is 30.3 Å². The maximum absolute atomic E-state index is 14.6. The predicted octanol–water partition coefficient (Wildman–Crippen LogP) is 3.34. The molecule has 2 aromatic rings. The molecular weight excluding hydrogens is 597 g/mol. The number of fused-ring (bicyclic) bond motifs is 1. The zero-order chi connectivity index (χ0) is 29.9. The fraction of sp³-hybridized carbons (Fsp3) is 0.414. The van der Waals surface area contributed by atoms with Crippen LogP contribution in [0.3, 0.4) is 0 Å². The van der Waals surface area contributed by atoms with E-state index in [9.17, 15) is 28.7 Å². The van der Waals surface area contributed by atoms with Gasteiger partial charge in [-0.3, -0.25) is 14.4 Å². The van der Waals surface area contributed by atoms with Crippen LogP contribution in [-0.4, -0.2) is 76.3 Å². The highest BCUT2D eigenvalue weighted by atomic mass is 79.9. The van der Waals surface area contributed by atoms with E-state index in [-0.39, 0.29) is 31.8 Å². The summed E-state index contributed by atoms with van der Waals surface area (Å²) in [6.45, 7) is 3.12. The zero-order valence-corrected chi connectivity index (χ0v) is 24.7. The maximum atomic E-state index is 14.6. The van der Waals surface area contributed by atoms with Gasteiger partial charge in [-0.15, -0.1) is 0 Å². The van der Waals surface area contributed by atoms with Gasteiger partial charge in [-0.05, 0) is 56.4 Å². The first-order chi connectivity index (χ1) is 19.3. The van der Waals surface area contributed by atoms with Gasteiger partial charge in [0, 0.05) is 31.0 Å². The summed E-state index contributed by atoms with van der Waals surface area (Å²) < 4.78 is 15.2. The van der Waals surface area contributed by atoms with Crippen molar-refractivity contribution < 1.29 is 28.7 Å². The lowest BCUT2D eigenvalue weighted by Crippen LogP contribution is -2.61. The Morgan fingerprint density at radius 2 is 1.90 bits per heavy atom. The first-order valence-electron chi connectivity index (χ1n) is 13.3. The summed E-state index contributed by atoms with van der Waals surface area (Å²) in [4.78, 5) is 53.5. The molecule has 12 heteroatoms. The Labute approximate surface area is 246 Å². The highest BCUT2D eigenvalue weighted by molar-refractivity contribution is 9.10. The number of likely N-dealkylation sites (tertiary alicyclic amines) is 1. The van der Waals surface area contributed by atoms with Crippen LogP contribution < -0.4 is 10.6 Å². The molecule has 0 aliphatic carbocycles. The van der Waals surface area contributed by atoms with Gasteiger partial charge < -0.3 is 20.6 Å². The molecule has 1 saturated heterocycles. The van der Waals surface area contributed by atoms with E-state index in [2.05, 4.69) is 31.7 Å². The Morgan fingerprint density at radius 1 is 1.20 bits per heavy atom.